The molecule has 3 heteroatoms. The average molecular weight is 198 g/mol. The Morgan fingerprint density at radius 1 is 1.50 bits per heavy atom. The van der Waals surface area contributed by atoms with E-state index in [1.165, 1.54) is 0 Å². The van der Waals surface area contributed by atoms with E-state index in [1.54, 1.807) is 13.8 Å². The number of unbranched alkanes of at least 4 members (excludes halogenated alkanes) is 1. The third-order valence-electron chi connectivity index (χ3n) is 2.55. The molecule has 1 saturated carbocycles. The van der Waals surface area contributed by atoms with E-state index in [9.17, 15) is 4.79 Å². The lowest BCUT2D eigenvalue weighted by Crippen LogP contribution is -2.52. The van der Waals surface area contributed by atoms with Gasteiger partial charge in [0.15, 0.2) is 0 Å². The summed E-state index contributed by atoms with van der Waals surface area (Å²) >= 11 is 0. The molecule has 2 N–H and O–H groups in total. The molecule has 0 aromatic carbocycles. The van der Waals surface area contributed by atoms with Crippen molar-refractivity contribution in [3.8, 4) is 0 Å². The van der Waals surface area contributed by atoms with E-state index in [2.05, 4.69) is 6.92 Å². The number of nitrogens with two attached hydrogens (primary N) is 1. The van der Waals surface area contributed by atoms with Gasteiger partial charge in [0.1, 0.15) is 0 Å². The lowest BCUT2D eigenvalue weighted by atomic mass is 10.1. The van der Waals surface area contributed by atoms with Crippen molar-refractivity contribution < 1.29 is 4.79 Å². The van der Waals surface area contributed by atoms with E-state index in [1.807, 2.05) is 4.90 Å². The lowest BCUT2D eigenvalue weighted by Gasteiger charge is -2.29. The quantitative estimate of drug-likeness (QED) is 0.728. The summed E-state index contributed by atoms with van der Waals surface area (Å²) in [4.78, 5) is 13.9. The summed E-state index contributed by atoms with van der Waals surface area (Å²) in [6, 6.07) is 0.483. The molecule has 0 unspecified atom stereocenters. The Kier molecular flexibility index (Phi) is 3.53. The van der Waals surface area contributed by atoms with Gasteiger partial charge in [-0.2, -0.15) is 0 Å². The first-order chi connectivity index (χ1) is 6.46. The number of hydrogen-bond acceptors (Lipinski definition) is 2. The fourth-order valence-corrected chi connectivity index (χ4v) is 1.53. The number of hydrogen-bond donors (Lipinski definition) is 1. The van der Waals surface area contributed by atoms with Crippen molar-refractivity contribution in [3.63, 3.8) is 0 Å². The van der Waals surface area contributed by atoms with Crippen molar-refractivity contribution >= 4 is 5.91 Å². The molecule has 0 aromatic heterocycles. The molecule has 1 fully saturated rings. The molecule has 82 valence electrons. The molecule has 0 atom stereocenters. The summed E-state index contributed by atoms with van der Waals surface area (Å²) < 4.78 is 0. The monoisotopic (exact) mass is 198 g/mol. The molecule has 0 bridgehead atoms. The van der Waals surface area contributed by atoms with Crippen LogP contribution in [-0.2, 0) is 4.79 Å². The molecule has 3 nitrogen and oxygen atoms in total. The Hall–Kier alpha value is -0.570. The highest BCUT2D eigenvalue weighted by molar-refractivity contribution is 5.85. The molecule has 0 spiro atoms. The first kappa shape index (κ1) is 11.5. The number of nitrogens with zero attached hydrogens (tertiary/aromatic N) is 1. The maximum absolute atomic E-state index is 12.0. The smallest absolute Gasteiger partial charge is 0.242 e. The molecule has 14 heavy (non-hydrogen) atoms. The maximum Gasteiger partial charge on any atom is 0.242 e. The topological polar surface area (TPSA) is 46.3 Å². The van der Waals surface area contributed by atoms with E-state index in [4.69, 9.17) is 5.73 Å². The number of carbonyl (C=O) groups excluding carboxylic acids is 1. The number of amides is 1. The second-order valence-electron chi connectivity index (χ2n) is 4.80. The fourth-order valence-electron chi connectivity index (χ4n) is 1.53. The number of rotatable bonds is 5. The van der Waals surface area contributed by atoms with Gasteiger partial charge in [0.2, 0.25) is 5.91 Å². The SMILES string of the molecule is CCCCN(C(=O)C(C)(C)N)C1CC1. The summed E-state index contributed by atoms with van der Waals surface area (Å²) in [5.41, 5.74) is 5.11. The number of carbonyl (C=O) groups is 1. The zero-order valence-electron chi connectivity index (χ0n) is 9.55. The zero-order chi connectivity index (χ0) is 10.8. The van der Waals surface area contributed by atoms with Crippen LogP contribution in [0.4, 0.5) is 0 Å². The van der Waals surface area contributed by atoms with Crippen molar-refractivity contribution in [2.75, 3.05) is 6.54 Å². The second kappa shape index (κ2) is 4.30. The molecule has 0 aliphatic heterocycles. The molecule has 0 heterocycles. The van der Waals surface area contributed by atoms with E-state index >= 15 is 0 Å². The molecule has 0 radical (unpaired) electrons. The van der Waals surface area contributed by atoms with Gasteiger partial charge in [-0.3, -0.25) is 4.79 Å². The normalized spacial score (nSPS) is 16.9. The van der Waals surface area contributed by atoms with Gasteiger partial charge in [0.25, 0.3) is 0 Å². The minimum Gasteiger partial charge on any atom is -0.338 e. The Labute approximate surface area is 86.6 Å². The van der Waals surface area contributed by atoms with Crippen molar-refractivity contribution in [2.45, 2.75) is 58.0 Å². The highest BCUT2D eigenvalue weighted by Crippen LogP contribution is 2.28. The van der Waals surface area contributed by atoms with Crippen LogP contribution in [0.2, 0.25) is 0 Å². The fraction of sp³-hybridized carbons (Fsp3) is 0.909. The minimum absolute atomic E-state index is 0.105. The molecule has 1 amide bonds. The van der Waals surface area contributed by atoms with E-state index in [0.29, 0.717) is 6.04 Å². The van der Waals surface area contributed by atoms with Gasteiger partial charge in [-0.05, 0) is 33.1 Å². The first-order valence-electron chi connectivity index (χ1n) is 5.56. The third-order valence-corrected chi connectivity index (χ3v) is 2.55. The first-order valence-corrected chi connectivity index (χ1v) is 5.56. The molecule has 0 saturated heterocycles. The highest BCUT2D eigenvalue weighted by atomic mass is 16.2. The van der Waals surface area contributed by atoms with Gasteiger partial charge >= 0.3 is 0 Å². The van der Waals surface area contributed by atoms with Gasteiger partial charge in [-0.15, -0.1) is 0 Å². The van der Waals surface area contributed by atoms with Crippen LogP contribution in [-0.4, -0.2) is 28.9 Å². The van der Waals surface area contributed by atoms with Gasteiger partial charge in [-0.1, -0.05) is 13.3 Å². The summed E-state index contributed by atoms with van der Waals surface area (Å²) in [7, 11) is 0. The highest BCUT2D eigenvalue weighted by Gasteiger charge is 2.37. The van der Waals surface area contributed by atoms with E-state index < -0.39 is 5.54 Å². The Morgan fingerprint density at radius 3 is 2.43 bits per heavy atom. The molecule has 1 aliphatic rings. The summed E-state index contributed by atoms with van der Waals surface area (Å²) in [6.07, 6.45) is 4.52. The van der Waals surface area contributed by atoms with Crippen LogP contribution in [0, 0.1) is 0 Å². The minimum atomic E-state index is -0.712. The van der Waals surface area contributed by atoms with Crippen LogP contribution in [0.15, 0.2) is 0 Å². The summed E-state index contributed by atoms with van der Waals surface area (Å²) in [5.74, 6) is 0.105. The van der Waals surface area contributed by atoms with Crippen LogP contribution >= 0.6 is 0 Å². The predicted molar refractivity (Wildman–Crippen MR) is 57.9 cm³/mol. The van der Waals surface area contributed by atoms with Crippen LogP contribution in [0.3, 0.4) is 0 Å². The van der Waals surface area contributed by atoms with Crippen molar-refractivity contribution in [1.29, 1.82) is 0 Å². The second-order valence-corrected chi connectivity index (χ2v) is 4.80. The zero-order valence-corrected chi connectivity index (χ0v) is 9.55. The van der Waals surface area contributed by atoms with Crippen LogP contribution in [0.25, 0.3) is 0 Å². The third kappa shape index (κ3) is 2.98. The Bertz CT molecular complexity index is 204. The van der Waals surface area contributed by atoms with Crippen molar-refractivity contribution in [2.24, 2.45) is 5.73 Å². The standard InChI is InChI=1S/C11H22N2O/c1-4-5-8-13(9-6-7-9)10(14)11(2,3)12/h9H,4-8,12H2,1-3H3. The molecule has 1 aliphatic carbocycles. The maximum atomic E-state index is 12.0. The van der Waals surface area contributed by atoms with Crippen molar-refractivity contribution in [3.05, 3.63) is 0 Å². The largest absolute Gasteiger partial charge is 0.338 e. The Balaban J connectivity index is 2.53. The molecular formula is C11H22N2O. The van der Waals surface area contributed by atoms with Gasteiger partial charge in [-0.25, -0.2) is 0 Å². The molecule has 0 aromatic rings. The lowest BCUT2D eigenvalue weighted by molar-refractivity contribution is -0.136. The molecular weight excluding hydrogens is 176 g/mol. The predicted octanol–water partition coefficient (Wildman–Crippen LogP) is 1.51. The summed E-state index contributed by atoms with van der Waals surface area (Å²) in [5, 5.41) is 0. The Morgan fingerprint density at radius 2 is 2.07 bits per heavy atom. The average Bonchev–Trinajstić information content (AvgIpc) is 2.86. The van der Waals surface area contributed by atoms with Gasteiger partial charge < -0.3 is 10.6 Å². The van der Waals surface area contributed by atoms with Crippen LogP contribution < -0.4 is 5.73 Å². The van der Waals surface area contributed by atoms with Gasteiger partial charge in [0, 0.05) is 12.6 Å². The van der Waals surface area contributed by atoms with Crippen LogP contribution in [0.1, 0.15) is 46.5 Å². The van der Waals surface area contributed by atoms with Gasteiger partial charge in [0.05, 0.1) is 5.54 Å². The van der Waals surface area contributed by atoms with Crippen molar-refractivity contribution in [1.82, 2.24) is 4.90 Å². The van der Waals surface area contributed by atoms with Crippen LogP contribution in [0.5, 0.6) is 0 Å². The molecule has 1 rings (SSSR count). The summed E-state index contributed by atoms with van der Waals surface area (Å²) in [6.45, 7) is 6.59. The van der Waals surface area contributed by atoms with E-state index in [-0.39, 0.29) is 5.91 Å². The van der Waals surface area contributed by atoms with E-state index in [0.717, 1.165) is 32.2 Å².